The minimum atomic E-state index is -3.99. The van der Waals surface area contributed by atoms with Crippen LogP contribution >= 0.6 is 0 Å². The molecule has 0 fully saturated rings. The first-order chi connectivity index (χ1) is 11.7. The molecule has 0 aliphatic rings. The maximum Gasteiger partial charge on any atom is 0.276 e. The number of hydrogen-bond acceptors (Lipinski definition) is 6. The summed E-state index contributed by atoms with van der Waals surface area (Å²) in [4.78, 5) is 14.1. The van der Waals surface area contributed by atoms with Crippen LogP contribution in [0.15, 0.2) is 52.5 Å². The number of sulfonamides is 1. The van der Waals surface area contributed by atoms with Crippen molar-refractivity contribution in [1.29, 1.82) is 0 Å². The van der Waals surface area contributed by atoms with Gasteiger partial charge in [0, 0.05) is 31.4 Å². The lowest BCUT2D eigenvalue weighted by Gasteiger charge is -2.11. The van der Waals surface area contributed by atoms with E-state index in [0.29, 0.717) is 11.1 Å². The Labute approximate surface area is 146 Å². The van der Waals surface area contributed by atoms with Gasteiger partial charge in [0.25, 0.3) is 15.7 Å². The van der Waals surface area contributed by atoms with Gasteiger partial charge in [-0.2, -0.15) is 13.5 Å². The molecule has 0 radical (unpaired) electrons. The van der Waals surface area contributed by atoms with Crippen molar-refractivity contribution in [1.82, 2.24) is 4.83 Å². The van der Waals surface area contributed by atoms with Crippen LogP contribution in [0.3, 0.4) is 0 Å². The average molecular weight is 362 g/mol. The number of nitro benzene ring substituents is 1. The van der Waals surface area contributed by atoms with Gasteiger partial charge in [0.2, 0.25) is 0 Å². The van der Waals surface area contributed by atoms with Gasteiger partial charge >= 0.3 is 0 Å². The molecular formula is C16H18N4O4S. The van der Waals surface area contributed by atoms with Crippen LogP contribution in [0.4, 0.5) is 11.4 Å². The summed E-state index contributed by atoms with van der Waals surface area (Å²) in [5, 5.41) is 14.6. The molecule has 0 spiro atoms. The first-order valence-corrected chi connectivity index (χ1v) is 8.76. The van der Waals surface area contributed by atoms with E-state index in [1.807, 2.05) is 31.1 Å². The lowest BCUT2D eigenvalue weighted by molar-refractivity contribution is -0.385. The zero-order chi connectivity index (χ0) is 18.6. The predicted octanol–water partition coefficient (Wildman–Crippen LogP) is 2.28. The third-order valence-electron chi connectivity index (χ3n) is 3.48. The topological polar surface area (TPSA) is 105 Å². The Kier molecular flexibility index (Phi) is 5.38. The van der Waals surface area contributed by atoms with Gasteiger partial charge in [-0.1, -0.05) is 18.2 Å². The van der Waals surface area contributed by atoms with Crippen molar-refractivity contribution in [2.24, 2.45) is 5.10 Å². The standard InChI is InChI=1S/C16H18N4O4S/c1-12-4-9-15(10-16(12)20(21)22)25(23,24)18-17-11-13-5-7-14(8-6-13)19(2)3/h4-11,18H,1-3H3/b17-11+. The van der Waals surface area contributed by atoms with Crippen molar-refractivity contribution in [2.75, 3.05) is 19.0 Å². The first-order valence-electron chi connectivity index (χ1n) is 7.28. The van der Waals surface area contributed by atoms with Crippen molar-refractivity contribution in [2.45, 2.75) is 11.8 Å². The smallest absolute Gasteiger partial charge is 0.276 e. The Morgan fingerprint density at radius 1 is 1.16 bits per heavy atom. The highest BCUT2D eigenvalue weighted by Gasteiger charge is 2.19. The van der Waals surface area contributed by atoms with Crippen molar-refractivity contribution < 1.29 is 13.3 Å². The SMILES string of the molecule is Cc1ccc(S(=O)(=O)N/N=C/c2ccc(N(C)C)cc2)cc1[N+](=O)[O-]. The summed E-state index contributed by atoms with van der Waals surface area (Å²) in [6.45, 7) is 1.54. The van der Waals surface area contributed by atoms with Gasteiger partial charge in [-0.05, 0) is 30.7 Å². The molecule has 0 aliphatic carbocycles. The first kappa shape index (κ1) is 18.4. The van der Waals surface area contributed by atoms with E-state index in [2.05, 4.69) is 9.93 Å². The molecule has 0 bridgehead atoms. The van der Waals surface area contributed by atoms with Gasteiger partial charge < -0.3 is 4.90 Å². The molecule has 0 amide bonds. The van der Waals surface area contributed by atoms with Crippen LogP contribution < -0.4 is 9.73 Å². The monoisotopic (exact) mass is 362 g/mol. The van der Waals surface area contributed by atoms with Crippen LogP contribution in [0, 0.1) is 17.0 Å². The molecule has 0 unspecified atom stereocenters. The lowest BCUT2D eigenvalue weighted by Crippen LogP contribution is -2.18. The summed E-state index contributed by atoms with van der Waals surface area (Å²) in [7, 11) is -0.156. The van der Waals surface area contributed by atoms with Gasteiger partial charge in [0.15, 0.2) is 0 Å². The largest absolute Gasteiger partial charge is 0.378 e. The quantitative estimate of drug-likeness (QED) is 0.482. The molecule has 0 atom stereocenters. The Hall–Kier alpha value is -2.94. The summed E-state index contributed by atoms with van der Waals surface area (Å²) in [6, 6.07) is 11.0. The van der Waals surface area contributed by atoms with E-state index in [4.69, 9.17) is 0 Å². The molecule has 0 aliphatic heterocycles. The minimum absolute atomic E-state index is 0.218. The fourth-order valence-electron chi connectivity index (χ4n) is 2.03. The van der Waals surface area contributed by atoms with E-state index in [1.54, 1.807) is 12.1 Å². The molecule has 0 saturated heterocycles. The molecule has 8 nitrogen and oxygen atoms in total. The summed E-state index contributed by atoms with van der Waals surface area (Å²) in [6.07, 6.45) is 1.36. The molecule has 2 aromatic rings. The second-order valence-corrected chi connectivity index (χ2v) is 7.21. The van der Waals surface area contributed by atoms with E-state index in [9.17, 15) is 18.5 Å². The Balaban J connectivity index is 2.16. The molecule has 0 saturated carbocycles. The van der Waals surface area contributed by atoms with Crippen LogP contribution in [-0.4, -0.2) is 33.7 Å². The molecule has 2 rings (SSSR count). The zero-order valence-electron chi connectivity index (χ0n) is 14.0. The second-order valence-electron chi connectivity index (χ2n) is 5.54. The van der Waals surface area contributed by atoms with Gasteiger partial charge in [-0.25, -0.2) is 4.83 Å². The molecule has 9 heteroatoms. The van der Waals surface area contributed by atoms with E-state index in [-0.39, 0.29) is 10.6 Å². The van der Waals surface area contributed by atoms with Crippen LogP contribution in [0.1, 0.15) is 11.1 Å². The van der Waals surface area contributed by atoms with Crippen molar-refractivity contribution in [3.8, 4) is 0 Å². The van der Waals surface area contributed by atoms with E-state index in [0.717, 1.165) is 11.8 Å². The maximum atomic E-state index is 12.2. The molecule has 0 heterocycles. The lowest BCUT2D eigenvalue weighted by atomic mass is 10.2. The van der Waals surface area contributed by atoms with Crippen molar-refractivity contribution in [3.63, 3.8) is 0 Å². The molecule has 1 N–H and O–H groups in total. The summed E-state index contributed by atoms with van der Waals surface area (Å²) < 4.78 is 24.4. The van der Waals surface area contributed by atoms with E-state index < -0.39 is 14.9 Å². The second kappa shape index (κ2) is 7.31. The van der Waals surface area contributed by atoms with Crippen molar-refractivity contribution >= 4 is 27.6 Å². The predicted molar refractivity (Wildman–Crippen MR) is 96.5 cm³/mol. The number of nitro groups is 1. The zero-order valence-corrected chi connectivity index (χ0v) is 14.8. The van der Waals surface area contributed by atoms with E-state index >= 15 is 0 Å². The van der Waals surface area contributed by atoms with Crippen molar-refractivity contribution in [3.05, 3.63) is 63.7 Å². The molecule has 132 valence electrons. The van der Waals surface area contributed by atoms with Gasteiger partial charge in [0.1, 0.15) is 0 Å². The van der Waals surface area contributed by atoms with Crippen LogP contribution in [0.25, 0.3) is 0 Å². The Morgan fingerprint density at radius 2 is 1.80 bits per heavy atom. The molecular weight excluding hydrogens is 344 g/mol. The fraction of sp³-hybridized carbons (Fsp3) is 0.188. The average Bonchev–Trinajstić information content (AvgIpc) is 2.55. The number of hydrazone groups is 1. The Morgan fingerprint density at radius 3 is 2.36 bits per heavy atom. The van der Waals surface area contributed by atoms with Crippen LogP contribution in [0.2, 0.25) is 0 Å². The van der Waals surface area contributed by atoms with Gasteiger partial charge in [0.05, 0.1) is 16.0 Å². The molecule has 25 heavy (non-hydrogen) atoms. The van der Waals surface area contributed by atoms with Gasteiger partial charge in [-0.3, -0.25) is 10.1 Å². The Bertz CT molecular complexity index is 906. The number of aryl methyl sites for hydroxylation is 1. The van der Waals surface area contributed by atoms with E-state index in [1.165, 1.54) is 25.3 Å². The number of benzene rings is 2. The number of hydrogen-bond donors (Lipinski definition) is 1. The third kappa shape index (κ3) is 4.54. The third-order valence-corrected chi connectivity index (χ3v) is 4.70. The summed E-state index contributed by atoms with van der Waals surface area (Å²) >= 11 is 0. The maximum absolute atomic E-state index is 12.2. The molecule has 0 aromatic heterocycles. The van der Waals surface area contributed by atoms with Crippen LogP contribution in [-0.2, 0) is 10.0 Å². The summed E-state index contributed by atoms with van der Waals surface area (Å²) in [5.41, 5.74) is 1.84. The number of nitrogens with zero attached hydrogens (tertiary/aromatic N) is 3. The summed E-state index contributed by atoms with van der Waals surface area (Å²) in [5.74, 6) is 0. The normalized spacial score (nSPS) is 11.5. The fourth-order valence-corrected chi connectivity index (χ4v) is 2.85. The van der Waals surface area contributed by atoms with Crippen LogP contribution in [0.5, 0.6) is 0 Å². The minimum Gasteiger partial charge on any atom is -0.378 e. The molecule has 2 aromatic carbocycles. The highest BCUT2D eigenvalue weighted by Crippen LogP contribution is 2.22. The number of nitrogens with one attached hydrogen (secondary N) is 1. The van der Waals surface area contributed by atoms with Gasteiger partial charge in [-0.15, -0.1) is 0 Å². The number of anilines is 1. The highest BCUT2D eigenvalue weighted by atomic mass is 32.2. The highest BCUT2D eigenvalue weighted by molar-refractivity contribution is 7.89. The number of rotatable bonds is 6.